The van der Waals surface area contributed by atoms with Crippen LogP contribution in [0, 0.1) is 0 Å². The first-order valence-corrected chi connectivity index (χ1v) is 6.73. The molecule has 20 heavy (non-hydrogen) atoms. The zero-order valence-corrected chi connectivity index (χ0v) is 11.5. The van der Waals surface area contributed by atoms with E-state index in [1.165, 1.54) is 0 Å². The van der Waals surface area contributed by atoms with Crippen molar-refractivity contribution in [3.05, 3.63) is 23.8 Å². The molecule has 2 rings (SSSR count). The fourth-order valence-electron chi connectivity index (χ4n) is 2.95. The van der Waals surface area contributed by atoms with Gasteiger partial charge in [0.2, 0.25) is 0 Å². The molecule has 0 saturated heterocycles. The van der Waals surface area contributed by atoms with Crippen LogP contribution in [0.3, 0.4) is 0 Å². The van der Waals surface area contributed by atoms with E-state index in [9.17, 15) is 9.59 Å². The van der Waals surface area contributed by atoms with Crippen LogP contribution in [-0.2, 0) is 15.0 Å². The molecule has 0 amide bonds. The van der Waals surface area contributed by atoms with Crippen LogP contribution in [0.5, 0.6) is 0 Å². The van der Waals surface area contributed by atoms with Crippen LogP contribution < -0.4 is 0 Å². The van der Waals surface area contributed by atoms with E-state index in [-0.39, 0.29) is 12.2 Å². The first kappa shape index (κ1) is 14.3. The maximum atomic E-state index is 12.4. The first-order valence-electron chi connectivity index (χ1n) is 6.73. The molecule has 4 nitrogen and oxygen atoms in total. The molecule has 0 spiro atoms. The van der Waals surface area contributed by atoms with Crippen molar-refractivity contribution in [2.24, 2.45) is 9.98 Å². The Bertz CT molecular complexity index is 566. The van der Waals surface area contributed by atoms with Crippen molar-refractivity contribution in [2.75, 3.05) is 0 Å². The molecule has 1 aromatic rings. The topological polar surface area (TPSA) is 58.9 Å². The molecule has 4 heteroatoms. The molecule has 0 radical (unpaired) electrons. The summed E-state index contributed by atoms with van der Waals surface area (Å²) in [7, 11) is 0. The Balaban J connectivity index is 2.54. The lowest BCUT2D eigenvalue weighted by molar-refractivity contribution is -0.128. The molecular formula is C16H18N2O2. The molecule has 0 bridgehead atoms. The summed E-state index contributed by atoms with van der Waals surface area (Å²) in [4.78, 5) is 31.3. The van der Waals surface area contributed by atoms with Crippen molar-refractivity contribution >= 4 is 36.9 Å². The predicted octanol–water partition coefficient (Wildman–Crippen LogP) is 3.32. The number of nitrogens with zero attached hydrogens (tertiary/aromatic N) is 2. The Morgan fingerprint density at radius 2 is 1.95 bits per heavy atom. The SMILES string of the molecule is C=Nc1ccc(C2(CC=O)CCCCC2=O)cc1N=C. The molecule has 0 N–H and O–H groups in total. The van der Waals surface area contributed by atoms with Crippen LogP contribution in [-0.4, -0.2) is 25.5 Å². The Hall–Kier alpha value is -2.10. The molecule has 1 atom stereocenters. The van der Waals surface area contributed by atoms with Crippen molar-refractivity contribution in [1.29, 1.82) is 0 Å². The van der Waals surface area contributed by atoms with Gasteiger partial charge < -0.3 is 4.79 Å². The monoisotopic (exact) mass is 270 g/mol. The highest BCUT2D eigenvalue weighted by Gasteiger charge is 2.41. The summed E-state index contributed by atoms with van der Waals surface area (Å²) >= 11 is 0. The number of rotatable bonds is 5. The summed E-state index contributed by atoms with van der Waals surface area (Å²) in [5.41, 5.74) is 1.37. The van der Waals surface area contributed by atoms with Crippen molar-refractivity contribution in [2.45, 2.75) is 37.5 Å². The third-order valence-electron chi connectivity index (χ3n) is 4.09. The molecule has 1 aliphatic rings. The molecule has 1 aliphatic carbocycles. The Morgan fingerprint density at radius 1 is 1.20 bits per heavy atom. The van der Waals surface area contributed by atoms with E-state index in [1.807, 2.05) is 12.1 Å². The van der Waals surface area contributed by atoms with Gasteiger partial charge in [0.15, 0.2) is 0 Å². The Morgan fingerprint density at radius 3 is 2.55 bits per heavy atom. The highest BCUT2D eigenvalue weighted by Crippen LogP contribution is 2.42. The van der Waals surface area contributed by atoms with Gasteiger partial charge in [0.25, 0.3) is 0 Å². The van der Waals surface area contributed by atoms with Crippen molar-refractivity contribution in [1.82, 2.24) is 0 Å². The number of carbonyl (C=O) groups excluding carboxylic acids is 2. The Kier molecular flexibility index (Phi) is 4.23. The van der Waals surface area contributed by atoms with Crippen LogP contribution >= 0.6 is 0 Å². The van der Waals surface area contributed by atoms with E-state index in [0.29, 0.717) is 24.2 Å². The normalized spacial score (nSPS) is 22.3. The minimum atomic E-state index is -0.695. The Labute approximate surface area is 118 Å². The van der Waals surface area contributed by atoms with Crippen LogP contribution in [0.2, 0.25) is 0 Å². The number of hydrogen-bond donors (Lipinski definition) is 0. The average molecular weight is 270 g/mol. The van der Waals surface area contributed by atoms with E-state index in [2.05, 4.69) is 23.4 Å². The smallest absolute Gasteiger partial charge is 0.143 e. The number of Topliss-reactive ketones (excluding diaryl/α,β-unsaturated/α-hetero) is 1. The molecule has 0 aromatic heterocycles. The average Bonchev–Trinajstić information content (AvgIpc) is 2.49. The van der Waals surface area contributed by atoms with E-state index in [0.717, 1.165) is 24.7 Å². The van der Waals surface area contributed by atoms with E-state index < -0.39 is 5.41 Å². The summed E-state index contributed by atoms with van der Waals surface area (Å²) in [5.74, 6) is 0.144. The van der Waals surface area contributed by atoms with Gasteiger partial charge in [-0.05, 0) is 44.0 Å². The minimum absolute atomic E-state index is 0.144. The van der Waals surface area contributed by atoms with Crippen molar-refractivity contribution < 1.29 is 9.59 Å². The lowest BCUT2D eigenvalue weighted by Gasteiger charge is -2.35. The quantitative estimate of drug-likeness (QED) is 0.608. The molecule has 0 aliphatic heterocycles. The molecule has 1 fully saturated rings. The fraction of sp³-hybridized carbons (Fsp3) is 0.375. The van der Waals surface area contributed by atoms with Crippen LogP contribution in [0.25, 0.3) is 0 Å². The summed E-state index contributed by atoms with van der Waals surface area (Å²) in [5, 5.41) is 0. The zero-order valence-electron chi connectivity index (χ0n) is 11.5. The summed E-state index contributed by atoms with van der Waals surface area (Å²) in [6.07, 6.45) is 4.16. The highest BCUT2D eigenvalue weighted by atomic mass is 16.1. The molecular weight excluding hydrogens is 252 g/mol. The van der Waals surface area contributed by atoms with Gasteiger partial charge in [0.1, 0.15) is 12.1 Å². The maximum absolute atomic E-state index is 12.4. The second-order valence-corrected chi connectivity index (χ2v) is 5.10. The summed E-state index contributed by atoms with van der Waals surface area (Å²) in [6.45, 7) is 7.01. The maximum Gasteiger partial charge on any atom is 0.143 e. The van der Waals surface area contributed by atoms with Gasteiger partial charge in [-0.1, -0.05) is 12.5 Å². The molecule has 1 aromatic carbocycles. The highest BCUT2D eigenvalue weighted by molar-refractivity contribution is 5.93. The number of hydrogen-bond acceptors (Lipinski definition) is 4. The van der Waals surface area contributed by atoms with Gasteiger partial charge >= 0.3 is 0 Å². The zero-order chi connectivity index (χ0) is 14.6. The summed E-state index contributed by atoms with van der Waals surface area (Å²) < 4.78 is 0. The van der Waals surface area contributed by atoms with Gasteiger partial charge in [-0.15, -0.1) is 0 Å². The first-order chi connectivity index (χ1) is 9.67. The van der Waals surface area contributed by atoms with Gasteiger partial charge in [-0.2, -0.15) is 0 Å². The van der Waals surface area contributed by atoms with Crippen LogP contribution in [0.15, 0.2) is 28.2 Å². The van der Waals surface area contributed by atoms with Crippen LogP contribution in [0.4, 0.5) is 11.4 Å². The van der Waals surface area contributed by atoms with Crippen molar-refractivity contribution in [3.8, 4) is 0 Å². The second-order valence-electron chi connectivity index (χ2n) is 5.10. The minimum Gasteiger partial charge on any atom is -0.303 e. The van der Waals surface area contributed by atoms with Crippen LogP contribution in [0.1, 0.15) is 37.7 Å². The third-order valence-corrected chi connectivity index (χ3v) is 4.09. The largest absolute Gasteiger partial charge is 0.303 e. The van der Waals surface area contributed by atoms with Gasteiger partial charge in [0.05, 0.1) is 16.8 Å². The van der Waals surface area contributed by atoms with Gasteiger partial charge in [-0.3, -0.25) is 14.8 Å². The predicted molar refractivity (Wildman–Crippen MR) is 80.7 cm³/mol. The molecule has 1 saturated carbocycles. The van der Waals surface area contributed by atoms with Gasteiger partial charge in [0, 0.05) is 12.8 Å². The number of benzene rings is 1. The van der Waals surface area contributed by atoms with Crippen molar-refractivity contribution in [3.63, 3.8) is 0 Å². The number of carbonyl (C=O) groups is 2. The van der Waals surface area contributed by atoms with Gasteiger partial charge in [-0.25, -0.2) is 0 Å². The molecule has 1 unspecified atom stereocenters. The standard InChI is InChI=1S/C16H18N2O2/c1-17-13-7-6-12(11-14(13)18-2)16(9-10-19)8-4-3-5-15(16)20/h6-7,10-11H,1-5,8-9H2. The fourth-order valence-corrected chi connectivity index (χ4v) is 2.95. The lowest BCUT2D eigenvalue weighted by atomic mass is 9.66. The van der Waals surface area contributed by atoms with E-state index >= 15 is 0 Å². The molecule has 104 valence electrons. The second kappa shape index (κ2) is 5.90. The third kappa shape index (κ3) is 2.33. The molecule has 0 heterocycles. The summed E-state index contributed by atoms with van der Waals surface area (Å²) in [6, 6.07) is 5.44. The van der Waals surface area contributed by atoms with E-state index in [1.54, 1.807) is 6.07 Å². The lowest BCUT2D eigenvalue weighted by Crippen LogP contribution is -2.39. The number of aliphatic imine (C=N–C) groups is 2. The number of aldehydes is 1. The number of ketones is 1. The van der Waals surface area contributed by atoms with E-state index in [4.69, 9.17) is 0 Å².